The maximum atomic E-state index is 13.3. The minimum absolute atomic E-state index is 0.712. The average molecular weight is 375 g/mol. The highest BCUT2D eigenvalue weighted by Gasteiger charge is 2.30. The fourth-order valence-corrected chi connectivity index (χ4v) is 5.51. The van der Waals surface area contributed by atoms with Crippen LogP contribution in [0.2, 0.25) is 0 Å². The lowest BCUT2D eigenvalue weighted by Crippen LogP contribution is -2.26. The molecule has 0 amide bonds. The van der Waals surface area contributed by atoms with Crippen molar-refractivity contribution < 1.29 is 8.78 Å². The molecule has 2 fully saturated rings. The highest BCUT2D eigenvalue weighted by molar-refractivity contribution is 5.17. The lowest BCUT2D eigenvalue weighted by atomic mass is 9.68. The molecule has 0 radical (unpaired) electrons. The molecule has 1 aromatic carbocycles. The molecule has 0 bridgehead atoms. The topological polar surface area (TPSA) is 0 Å². The third kappa shape index (κ3) is 6.16. The van der Waals surface area contributed by atoms with Gasteiger partial charge in [-0.1, -0.05) is 44.2 Å². The van der Waals surface area contributed by atoms with Crippen LogP contribution in [0.3, 0.4) is 0 Å². The zero-order valence-electron chi connectivity index (χ0n) is 16.8. The molecule has 0 aromatic heterocycles. The molecule has 0 aliphatic heterocycles. The van der Waals surface area contributed by atoms with Crippen molar-refractivity contribution in [2.75, 3.05) is 0 Å². The van der Waals surface area contributed by atoms with Gasteiger partial charge in [0.2, 0.25) is 0 Å². The molecule has 0 heterocycles. The van der Waals surface area contributed by atoms with E-state index in [4.69, 9.17) is 0 Å². The van der Waals surface area contributed by atoms with Gasteiger partial charge < -0.3 is 0 Å². The van der Waals surface area contributed by atoms with Crippen molar-refractivity contribution >= 4 is 0 Å². The fourth-order valence-electron chi connectivity index (χ4n) is 5.51. The van der Waals surface area contributed by atoms with Gasteiger partial charge >= 0.3 is 0 Å². The molecule has 3 rings (SSSR count). The van der Waals surface area contributed by atoms with E-state index in [1.165, 1.54) is 82.8 Å². The first-order valence-corrected chi connectivity index (χ1v) is 11.2. The Labute approximate surface area is 164 Å². The van der Waals surface area contributed by atoms with E-state index in [9.17, 15) is 8.78 Å². The minimum Gasteiger partial charge on any atom is -0.204 e. The van der Waals surface area contributed by atoms with Crippen molar-refractivity contribution in [1.82, 2.24) is 0 Å². The lowest BCUT2D eigenvalue weighted by molar-refractivity contribution is 0.141. The van der Waals surface area contributed by atoms with Gasteiger partial charge in [-0.25, -0.2) is 8.78 Å². The Hall–Kier alpha value is -1.18. The van der Waals surface area contributed by atoms with Gasteiger partial charge in [0.1, 0.15) is 0 Å². The Morgan fingerprint density at radius 3 is 1.96 bits per heavy atom. The summed E-state index contributed by atoms with van der Waals surface area (Å²) >= 11 is 0. The van der Waals surface area contributed by atoms with E-state index in [0.717, 1.165) is 42.1 Å². The lowest BCUT2D eigenvalue weighted by Gasteiger charge is -2.38. The molecule has 0 spiro atoms. The summed E-state index contributed by atoms with van der Waals surface area (Å²) in [4.78, 5) is 0. The van der Waals surface area contributed by atoms with E-state index in [0.29, 0.717) is 0 Å². The summed E-state index contributed by atoms with van der Waals surface area (Å²) in [7, 11) is 0. The summed E-state index contributed by atoms with van der Waals surface area (Å²) in [6.07, 6.45) is 19.1. The molecule has 2 aliphatic carbocycles. The van der Waals surface area contributed by atoms with E-state index in [2.05, 4.69) is 12.7 Å². The Balaban J connectivity index is 1.34. The molecule has 27 heavy (non-hydrogen) atoms. The van der Waals surface area contributed by atoms with Gasteiger partial charge in [0, 0.05) is 0 Å². The first-order chi connectivity index (χ1) is 13.2. The third-order valence-electron chi connectivity index (χ3n) is 7.30. The molecule has 0 atom stereocenters. The Morgan fingerprint density at radius 1 is 0.815 bits per heavy atom. The zero-order valence-corrected chi connectivity index (χ0v) is 16.8. The number of unbranched alkanes of at least 4 members (excludes halogenated alkanes) is 1. The van der Waals surface area contributed by atoms with E-state index < -0.39 is 11.6 Å². The van der Waals surface area contributed by atoms with Crippen LogP contribution in [-0.2, 0) is 6.42 Å². The predicted molar refractivity (Wildman–Crippen MR) is 110 cm³/mol. The molecule has 2 aliphatic rings. The maximum absolute atomic E-state index is 13.3. The molecule has 0 nitrogen and oxygen atoms in total. The second kappa shape index (κ2) is 10.4. The highest BCUT2D eigenvalue weighted by atomic mass is 19.2. The smallest absolute Gasteiger partial charge is 0.159 e. The van der Waals surface area contributed by atoms with Crippen LogP contribution < -0.4 is 0 Å². The minimum atomic E-state index is -0.741. The van der Waals surface area contributed by atoms with E-state index in [1.54, 1.807) is 6.07 Å². The number of benzene rings is 1. The Morgan fingerprint density at radius 2 is 1.41 bits per heavy atom. The van der Waals surface area contributed by atoms with Crippen molar-refractivity contribution in [1.29, 1.82) is 0 Å². The van der Waals surface area contributed by atoms with Gasteiger partial charge in [0.25, 0.3) is 0 Å². The first kappa shape index (κ1) is 20.6. The Bertz CT molecular complexity index is 578. The molecule has 150 valence electrons. The number of aryl methyl sites for hydroxylation is 1. The quantitative estimate of drug-likeness (QED) is 0.321. The van der Waals surface area contributed by atoms with Crippen LogP contribution in [0.25, 0.3) is 0 Å². The first-order valence-electron chi connectivity index (χ1n) is 11.2. The van der Waals surface area contributed by atoms with Crippen LogP contribution in [0.5, 0.6) is 0 Å². The van der Waals surface area contributed by atoms with Crippen LogP contribution in [-0.4, -0.2) is 0 Å². The average Bonchev–Trinajstić information content (AvgIpc) is 2.70. The zero-order chi connectivity index (χ0) is 19.1. The summed E-state index contributed by atoms with van der Waals surface area (Å²) in [5.41, 5.74) is 0.936. The van der Waals surface area contributed by atoms with Gasteiger partial charge in [-0.3, -0.25) is 0 Å². The van der Waals surface area contributed by atoms with Gasteiger partial charge in [-0.05, 0) is 92.7 Å². The van der Waals surface area contributed by atoms with Crippen molar-refractivity contribution in [2.24, 2.45) is 23.7 Å². The van der Waals surface area contributed by atoms with Crippen LogP contribution in [0.15, 0.2) is 30.9 Å². The largest absolute Gasteiger partial charge is 0.204 e. The third-order valence-corrected chi connectivity index (χ3v) is 7.30. The molecule has 1 aromatic rings. The van der Waals surface area contributed by atoms with Crippen molar-refractivity contribution in [2.45, 2.75) is 83.5 Å². The number of hydrogen-bond acceptors (Lipinski definition) is 0. The highest BCUT2D eigenvalue weighted by Crippen LogP contribution is 2.43. The number of hydrogen-bond donors (Lipinski definition) is 0. The summed E-state index contributed by atoms with van der Waals surface area (Å²) < 4.78 is 26.4. The maximum Gasteiger partial charge on any atom is 0.159 e. The summed E-state index contributed by atoms with van der Waals surface area (Å²) in [5, 5.41) is 0. The van der Waals surface area contributed by atoms with Crippen molar-refractivity contribution in [3.8, 4) is 0 Å². The Kier molecular flexibility index (Phi) is 7.91. The van der Waals surface area contributed by atoms with Gasteiger partial charge in [-0.2, -0.15) is 0 Å². The van der Waals surface area contributed by atoms with E-state index >= 15 is 0 Å². The van der Waals surface area contributed by atoms with E-state index in [1.807, 2.05) is 0 Å². The predicted octanol–water partition coefficient (Wildman–Crippen LogP) is 7.87. The van der Waals surface area contributed by atoms with Gasteiger partial charge in [-0.15, -0.1) is 6.58 Å². The van der Waals surface area contributed by atoms with Crippen molar-refractivity contribution in [3.63, 3.8) is 0 Å². The summed E-state index contributed by atoms with van der Waals surface area (Å²) in [6.45, 7) is 3.83. The summed E-state index contributed by atoms with van der Waals surface area (Å²) in [5.74, 6) is 2.19. The molecule has 2 heteroatoms. The van der Waals surface area contributed by atoms with Crippen LogP contribution >= 0.6 is 0 Å². The molecular formula is C25H36F2. The standard InChI is InChI=1S/C25H36F2/c1-2-3-4-5-19-8-13-22(14-9-19)23-15-10-20(11-16-23)6-7-21-12-17-24(26)25(27)18-21/h2,12,17-20,22-23H,1,3-11,13-16H2. The molecular weight excluding hydrogens is 338 g/mol. The molecule has 0 saturated heterocycles. The van der Waals surface area contributed by atoms with Gasteiger partial charge in [0.15, 0.2) is 11.6 Å². The SMILES string of the molecule is C=CCCCC1CCC(C2CCC(CCc3ccc(F)c(F)c3)CC2)CC1. The van der Waals surface area contributed by atoms with Crippen LogP contribution in [0.4, 0.5) is 8.78 Å². The molecule has 0 unspecified atom stereocenters. The second-order valence-corrected chi connectivity index (χ2v) is 9.07. The normalized spacial score (nSPS) is 28.8. The van der Waals surface area contributed by atoms with Crippen LogP contribution in [0, 0.1) is 35.3 Å². The monoisotopic (exact) mass is 374 g/mol. The van der Waals surface area contributed by atoms with Crippen molar-refractivity contribution in [3.05, 3.63) is 48.1 Å². The van der Waals surface area contributed by atoms with E-state index in [-0.39, 0.29) is 0 Å². The fraction of sp³-hybridized carbons (Fsp3) is 0.680. The van der Waals surface area contributed by atoms with Crippen LogP contribution in [0.1, 0.15) is 82.6 Å². The molecule has 2 saturated carbocycles. The number of rotatable bonds is 8. The second-order valence-electron chi connectivity index (χ2n) is 9.07. The number of halogens is 2. The number of allylic oxidation sites excluding steroid dienone is 1. The van der Waals surface area contributed by atoms with Gasteiger partial charge in [0.05, 0.1) is 0 Å². The molecule has 0 N–H and O–H groups in total. The summed E-state index contributed by atoms with van der Waals surface area (Å²) in [6, 6.07) is 4.36.